The van der Waals surface area contributed by atoms with Gasteiger partial charge in [0.1, 0.15) is 11.4 Å². The summed E-state index contributed by atoms with van der Waals surface area (Å²) in [5, 5.41) is 8.09. The molecule has 0 bridgehead atoms. The smallest absolute Gasteiger partial charge is 0.416 e. The van der Waals surface area contributed by atoms with E-state index in [-0.39, 0.29) is 11.9 Å². The van der Waals surface area contributed by atoms with Crippen molar-refractivity contribution < 1.29 is 27.4 Å². The summed E-state index contributed by atoms with van der Waals surface area (Å²) in [5.74, 6) is 0.129. The van der Waals surface area contributed by atoms with Gasteiger partial charge in [-0.05, 0) is 74.7 Å². The second kappa shape index (κ2) is 11.1. The summed E-state index contributed by atoms with van der Waals surface area (Å²) in [4.78, 5) is 13.0. The van der Waals surface area contributed by atoms with Gasteiger partial charge in [0, 0.05) is 10.3 Å². The first-order chi connectivity index (χ1) is 17.9. The fourth-order valence-corrected chi connectivity index (χ4v) is 5.22. The molecule has 4 rings (SSSR count). The van der Waals surface area contributed by atoms with Gasteiger partial charge in [0.15, 0.2) is 6.61 Å². The third-order valence-electron chi connectivity index (χ3n) is 5.72. The SMILES string of the molecule is CCc1cc(SC(c2ccc(C(F)(F)F)cc2)c2n[nH]c3ccccc23)ccc1OCC(=O)OC(C)(C)C. The molecule has 0 spiro atoms. The topological polar surface area (TPSA) is 64.2 Å². The second-order valence-electron chi connectivity index (χ2n) is 9.77. The number of ether oxygens (including phenoxy) is 2. The number of carbonyl (C=O) groups excluding carboxylic acids is 1. The second-order valence-corrected chi connectivity index (χ2v) is 10.9. The first-order valence-electron chi connectivity index (χ1n) is 12.2. The highest BCUT2D eigenvalue weighted by atomic mass is 32.2. The molecule has 9 heteroatoms. The minimum absolute atomic E-state index is 0.204. The van der Waals surface area contributed by atoms with E-state index in [1.165, 1.54) is 23.9 Å². The van der Waals surface area contributed by atoms with Crippen LogP contribution in [0.15, 0.2) is 71.6 Å². The number of nitrogens with one attached hydrogen (secondary N) is 1. The summed E-state index contributed by atoms with van der Waals surface area (Å²) in [6, 6.07) is 18.5. The van der Waals surface area contributed by atoms with Crippen LogP contribution in [0.4, 0.5) is 13.2 Å². The summed E-state index contributed by atoms with van der Waals surface area (Å²) < 4.78 is 50.7. The first kappa shape index (κ1) is 27.6. The molecule has 0 aliphatic carbocycles. The number of rotatable bonds is 8. The lowest BCUT2D eigenvalue weighted by Gasteiger charge is -2.20. The Kier molecular flexibility index (Phi) is 8.06. The van der Waals surface area contributed by atoms with Crippen molar-refractivity contribution in [2.75, 3.05) is 6.61 Å². The number of benzene rings is 3. The van der Waals surface area contributed by atoms with Crippen LogP contribution in [0.25, 0.3) is 10.9 Å². The number of hydrogen-bond donors (Lipinski definition) is 1. The van der Waals surface area contributed by atoms with E-state index in [0.717, 1.165) is 39.2 Å². The maximum absolute atomic E-state index is 13.2. The monoisotopic (exact) mass is 542 g/mol. The number of fused-ring (bicyclic) bond motifs is 1. The molecule has 0 fully saturated rings. The van der Waals surface area contributed by atoms with Gasteiger partial charge in [-0.1, -0.05) is 37.3 Å². The number of para-hydroxylation sites is 1. The minimum Gasteiger partial charge on any atom is -0.482 e. The Hall–Kier alpha value is -3.46. The lowest BCUT2D eigenvalue weighted by atomic mass is 10.0. The highest BCUT2D eigenvalue weighted by Crippen LogP contribution is 2.43. The van der Waals surface area contributed by atoms with E-state index in [1.807, 2.05) is 43.3 Å². The molecule has 0 radical (unpaired) electrons. The number of halogens is 3. The van der Waals surface area contributed by atoms with Crippen molar-refractivity contribution in [2.24, 2.45) is 0 Å². The van der Waals surface area contributed by atoms with Crippen LogP contribution in [0.3, 0.4) is 0 Å². The molecule has 1 unspecified atom stereocenters. The molecule has 1 atom stereocenters. The number of alkyl halides is 3. The van der Waals surface area contributed by atoms with Gasteiger partial charge in [-0.15, -0.1) is 11.8 Å². The zero-order valence-corrected chi connectivity index (χ0v) is 22.4. The summed E-state index contributed by atoms with van der Waals surface area (Å²) >= 11 is 1.49. The summed E-state index contributed by atoms with van der Waals surface area (Å²) in [6.45, 7) is 7.17. The van der Waals surface area contributed by atoms with Gasteiger partial charge >= 0.3 is 12.1 Å². The molecule has 5 nitrogen and oxygen atoms in total. The van der Waals surface area contributed by atoms with E-state index < -0.39 is 23.3 Å². The normalized spacial score (nSPS) is 12.9. The van der Waals surface area contributed by atoms with Crippen LogP contribution in [0.1, 0.15) is 55.3 Å². The molecule has 200 valence electrons. The molecule has 0 aliphatic rings. The molecule has 0 saturated heterocycles. The van der Waals surface area contributed by atoms with Crippen molar-refractivity contribution in [3.05, 3.63) is 89.1 Å². The number of thioether (sulfide) groups is 1. The van der Waals surface area contributed by atoms with E-state index in [1.54, 1.807) is 26.8 Å². The number of aromatic amines is 1. The summed E-state index contributed by atoms with van der Waals surface area (Å²) in [5.41, 5.74) is 1.88. The molecule has 38 heavy (non-hydrogen) atoms. The zero-order chi connectivity index (χ0) is 27.5. The van der Waals surface area contributed by atoms with E-state index in [2.05, 4.69) is 10.2 Å². The molecule has 3 aromatic carbocycles. The van der Waals surface area contributed by atoms with Gasteiger partial charge in [-0.25, -0.2) is 4.79 Å². The molecule has 1 heterocycles. The van der Waals surface area contributed by atoms with Crippen molar-refractivity contribution in [1.82, 2.24) is 10.2 Å². The molecule has 0 amide bonds. The van der Waals surface area contributed by atoms with Gasteiger partial charge in [-0.3, -0.25) is 5.10 Å². The fraction of sp³-hybridized carbons (Fsp3) is 0.310. The van der Waals surface area contributed by atoms with Crippen molar-refractivity contribution in [3.63, 3.8) is 0 Å². The van der Waals surface area contributed by atoms with Crippen molar-refractivity contribution >= 4 is 28.6 Å². The number of H-pyrrole nitrogens is 1. The molecular weight excluding hydrogens is 513 g/mol. The molecule has 0 aliphatic heterocycles. The Balaban J connectivity index is 1.63. The Morgan fingerprint density at radius 2 is 1.74 bits per heavy atom. The number of aromatic nitrogens is 2. The van der Waals surface area contributed by atoms with Gasteiger partial charge in [-0.2, -0.15) is 18.3 Å². The van der Waals surface area contributed by atoms with Gasteiger partial charge in [0.05, 0.1) is 22.0 Å². The van der Waals surface area contributed by atoms with Crippen LogP contribution in [0, 0.1) is 0 Å². The van der Waals surface area contributed by atoms with Crippen LogP contribution in [0.5, 0.6) is 5.75 Å². The number of nitrogens with zero attached hydrogens (tertiary/aromatic N) is 1. The Morgan fingerprint density at radius 3 is 2.39 bits per heavy atom. The highest BCUT2D eigenvalue weighted by molar-refractivity contribution is 7.99. The van der Waals surface area contributed by atoms with Crippen molar-refractivity contribution in [2.45, 2.75) is 56.0 Å². The predicted molar refractivity (Wildman–Crippen MR) is 142 cm³/mol. The number of esters is 1. The predicted octanol–water partition coefficient (Wildman–Crippen LogP) is 7.75. The third-order valence-corrected chi connectivity index (χ3v) is 6.98. The first-order valence-corrected chi connectivity index (χ1v) is 13.1. The Labute approximate surface area is 223 Å². The number of hydrogen-bond acceptors (Lipinski definition) is 5. The lowest BCUT2D eigenvalue weighted by molar-refractivity contribution is -0.157. The zero-order valence-electron chi connectivity index (χ0n) is 21.6. The van der Waals surface area contributed by atoms with E-state index in [0.29, 0.717) is 17.7 Å². The average Bonchev–Trinajstić information content (AvgIpc) is 3.29. The number of aryl methyl sites for hydroxylation is 1. The van der Waals surface area contributed by atoms with Gasteiger partial charge in [0.25, 0.3) is 0 Å². The Morgan fingerprint density at radius 1 is 1.03 bits per heavy atom. The van der Waals surface area contributed by atoms with E-state index in [9.17, 15) is 18.0 Å². The van der Waals surface area contributed by atoms with Crippen molar-refractivity contribution in [3.8, 4) is 5.75 Å². The molecule has 1 aromatic heterocycles. The molecule has 4 aromatic rings. The van der Waals surface area contributed by atoms with E-state index >= 15 is 0 Å². The van der Waals surface area contributed by atoms with Crippen LogP contribution < -0.4 is 4.74 Å². The average molecular weight is 543 g/mol. The lowest BCUT2D eigenvalue weighted by Crippen LogP contribution is -2.27. The van der Waals surface area contributed by atoms with Crippen LogP contribution in [0.2, 0.25) is 0 Å². The molecular formula is C29H29F3N2O3S. The largest absolute Gasteiger partial charge is 0.482 e. The fourth-order valence-electron chi connectivity index (χ4n) is 4.00. The van der Waals surface area contributed by atoms with Crippen LogP contribution in [-0.4, -0.2) is 28.4 Å². The highest BCUT2D eigenvalue weighted by Gasteiger charge is 2.31. The van der Waals surface area contributed by atoms with Gasteiger partial charge < -0.3 is 9.47 Å². The van der Waals surface area contributed by atoms with E-state index in [4.69, 9.17) is 9.47 Å². The van der Waals surface area contributed by atoms with Gasteiger partial charge in [0.2, 0.25) is 0 Å². The quantitative estimate of drug-likeness (QED) is 0.182. The standard InChI is InChI=1S/C29H29F3N2O3S/c1-5-18-16-21(14-15-24(18)36-17-25(35)37-28(2,3)4)38-27(19-10-12-20(13-11-19)29(30,31)32)26-22-8-6-7-9-23(22)33-34-26/h6-16,27H,5,17H2,1-4H3,(H,33,34). The third kappa shape index (κ3) is 6.69. The minimum atomic E-state index is -4.41. The van der Waals surface area contributed by atoms with Crippen LogP contribution in [-0.2, 0) is 22.1 Å². The Bertz CT molecular complexity index is 1410. The maximum Gasteiger partial charge on any atom is 0.416 e. The van der Waals surface area contributed by atoms with Crippen molar-refractivity contribution in [1.29, 1.82) is 0 Å². The number of carbonyl (C=O) groups is 1. The summed E-state index contributed by atoms with van der Waals surface area (Å²) in [7, 11) is 0. The van der Waals surface area contributed by atoms with Crippen LogP contribution >= 0.6 is 11.8 Å². The molecule has 0 saturated carbocycles. The summed E-state index contributed by atoms with van der Waals surface area (Å²) in [6.07, 6.45) is -3.75. The maximum atomic E-state index is 13.2. The molecule has 1 N–H and O–H groups in total.